The van der Waals surface area contributed by atoms with Crippen molar-refractivity contribution in [2.45, 2.75) is 13.3 Å². The van der Waals surface area contributed by atoms with Gasteiger partial charge in [-0.2, -0.15) is 5.10 Å². The van der Waals surface area contributed by atoms with Crippen molar-refractivity contribution in [2.75, 3.05) is 5.32 Å². The summed E-state index contributed by atoms with van der Waals surface area (Å²) >= 11 is 0. The third-order valence-electron chi connectivity index (χ3n) is 3.15. The lowest BCUT2D eigenvalue weighted by atomic mass is 10.3. The fourth-order valence-electron chi connectivity index (χ4n) is 2.22. The van der Waals surface area contributed by atoms with E-state index in [2.05, 4.69) is 22.3 Å². The first-order valence-electron chi connectivity index (χ1n) is 6.66. The lowest BCUT2D eigenvalue weighted by molar-refractivity contribution is 0.746. The molecule has 1 aromatic carbocycles. The number of hydrogen-bond donors (Lipinski definition) is 1. The van der Waals surface area contributed by atoms with Crippen LogP contribution in [0.2, 0.25) is 0 Å². The number of anilines is 2. The predicted molar refractivity (Wildman–Crippen MR) is 79.4 cm³/mol. The zero-order valence-corrected chi connectivity index (χ0v) is 11.6. The van der Waals surface area contributed by atoms with Crippen LogP contribution >= 0.6 is 0 Å². The maximum Gasteiger partial charge on any atom is 0.212 e. The SMILES string of the molecule is CCc1nn(C)cc1-n1ccnc1Nc1ccccc1. The topological polar surface area (TPSA) is 47.7 Å². The number of nitrogens with one attached hydrogen (secondary N) is 1. The van der Waals surface area contributed by atoms with Gasteiger partial charge in [-0.3, -0.25) is 9.25 Å². The van der Waals surface area contributed by atoms with Gasteiger partial charge in [0, 0.05) is 31.3 Å². The fraction of sp³-hybridized carbons (Fsp3) is 0.200. The molecule has 2 aromatic heterocycles. The summed E-state index contributed by atoms with van der Waals surface area (Å²) in [4.78, 5) is 4.39. The molecule has 0 unspecified atom stereocenters. The quantitative estimate of drug-likeness (QED) is 0.790. The molecular formula is C15H17N5. The smallest absolute Gasteiger partial charge is 0.212 e. The molecule has 0 fully saturated rings. The maximum atomic E-state index is 4.47. The number of nitrogens with zero attached hydrogens (tertiary/aromatic N) is 4. The minimum Gasteiger partial charge on any atom is -0.325 e. The van der Waals surface area contributed by atoms with Gasteiger partial charge in [0.25, 0.3) is 0 Å². The summed E-state index contributed by atoms with van der Waals surface area (Å²) < 4.78 is 3.86. The molecule has 5 nitrogen and oxygen atoms in total. The molecule has 0 spiro atoms. The first-order valence-corrected chi connectivity index (χ1v) is 6.66. The molecule has 0 saturated carbocycles. The van der Waals surface area contributed by atoms with Crippen molar-refractivity contribution in [2.24, 2.45) is 7.05 Å². The van der Waals surface area contributed by atoms with Gasteiger partial charge in [0.05, 0.1) is 11.4 Å². The van der Waals surface area contributed by atoms with E-state index >= 15 is 0 Å². The Labute approximate surface area is 117 Å². The molecule has 20 heavy (non-hydrogen) atoms. The van der Waals surface area contributed by atoms with E-state index in [0.717, 1.165) is 29.4 Å². The summed E-state index contributed by atoms with van der Waals surface area (Å²) in [6.45, 7) is 2.10. The van der Waals surface area contributed by atoms with Crippen molar-refractivity contribution >= 4 is 11.6 Å². The monoisotopic (exact) mass is 267 g/mol. The molecule has 0 amide bonds. The minimum absolute atomic E-state index is 0.791. The molecule has 0 aliphatic rings. The predicted octanol–water partition coefficient (Wildman–Crippen LogP) is 2.91. The Morgan fingerprint density at radius 1 is 1.20 bits per heavy atom. The van der Waals surface area contributed by atoms with Crippen LogP contribution in [0.3, 0.4) is 0 Å². The summed E-state index contributed by atoms with van der Waals surface area (Å²) in [6, 6.07) is 10.0. The Bertz CT molecular complexity index is 696. The third-order valence-corrected chi connectivity index (χ3v) is 3.15. The lowest BCUT2D eigenvalue weighted by Gasteiger charge is -2.09. The van der Waals surface area contributed by atoms with Gasteiger partial charge in [0.15, 0.2) is 0 Å². The van der Waals surface area contributed by atoms with E-state index in [1.165, 1.54) is 0 Å². The molecule has 0 aliphatic carbocycles. The van der Waals surface area contributed by atoms with Gasteiger partial charge in [-0.1, -0.05) is 25.1 Å². The molecule has 1 N–H and O–H groups in total. The maximum absolute atomic E-state index is 4.47. The van der Waals surface area contributed by atoms with Crippen LogP contribution in [0.1, 0.15) is 12.6 Å². The minimum atomic E-state index is 0.791. The van der Waals surface area contributed by atoms with Gasteiger partial charge < -0.3 is 5.32 Å². The highest BCUT2D eigenvalue weighted by atomic mass is 15.3. The molecule has 0 saturated heterocycles. The molecule has 0 atom stereocenters. The van der Waals surface area contributed by atoms with E-state index in [0.29, 0.717) is 0 Å². The number of rotatable bonds is 4. The molecule has 5 heteroatoms. The van der Waals surface area contributed by atoms with E-state index in [1.807, 2.05) is 59.0 Å². The highest BCUT2D eigenvalue weighted by Gasteiger charge is 2.12. The summed E-state index contributed by atoms with van der Waals surface area (Å²) in [5.74, 6) is 0.791. The van der Waals surface area contributed by atoms with E-state index in [4.69, 9.17) is 0 Å². The van der Waals surface area contributed by atoms with Gasteiger partial charge in [-0.25, -0.2) is 4.98 Å². The molecule has 0 aliphatic heterocycles. The van der Waals surface area contributed by atoms with Crippen molar-refractivity contribution in [3.05, 3.63) is 54.6 Å². The first-order chi connectivity index (χ1) is 9.78. The molecule has 2 heterocycles. The number of hydrogen-bond acceptors (Lipinski definition) is 3. The first kappa shape index (κ1) is 12.5. The van der Waals surface area contributed by atoms with Crippen molar-refractivity contribution in [1.29, 1.82) is 0 Å². The van der Waals surface area contributed by atoms with Crippen LogP contribution in [0.25, 0.3) is 5.69 Å². The second kappa shape index (κ2) is 5.21. The highest BCUT2D eigenvalue weighted by Crippen LogP contribution is 2.21. The Balaban J connectivity index is 1.98. The van der Waals surface area contributed by atoms with Gasteiger partial charge >= 0.3 is 0 Å². The molecular weight excluding hydrogens is 250 g/mol. The van der Waals surface area contributed by atoms with E-state index in [-0.39, 0.29) is 0 Å². The van der Waals surface area contributed by atoms with E-state index in [9.17, 15) is 0 Å². The molecule has 102 valence electrons. The van der Waals surface area contributed by atoms with Crippen LogP contribution in [0.15, 0.2) is 48.9 Å². The molecule has 0 radical (unpaired) electrons. The van der Waals surface area contributed by atoms with Crippen LogP contribution in [-0.4, -0.2) is 19.3 Å². The standard InChI is InChI=1S/C15H17N5/c1-3-13-14(11-19(2)18-13)20-10-9-16-15(20)17-12-7-5-4-6-8-12/h4-11H,3H2,1-2H3,(H,16,17). The largest absolute Gasteiger partial charge is 0.325 e. The Morgan fingerprint density at radius 2 is 2.00 bits per heavy atom. The number of aromatic nitrogens is 4. The van der Waals surface area contributed by atoms with Gasteiger partial charge in [-0.15, -0.1) is 0 Å². The van der Waals surface area contributed by atoms with Crippen molar-refractivity contribution < 1.29 is 0 Å². The third kappa shape index (κ3) is 2.30. The Hall–Kier alpha value is -2.56. The van der Waals surface area contributed by atoms with Crippen LogP contribution in [0.5, 0.6) is 0 Å². The molecule has 3 rings (SSSR count). The molecule has 0 bridgehead atoms. The molecule has 3 aromatic rings. The van der Waals surface area contributed by atoms with Gasteiger partial charge in [0.2, 0.25) is 5.95 Å². The van der Waals surface area contributed by atoms with Crippen molar-refractivity contribution in [3.63, 3.8) is 0 Å². The normalized spacial score (nSPS) is 10.7. The van der Waals surface area contributed by atoms with E-state index < -0.39 is 0 Å². The average Bonchev–Trinajstić information content (AvgIpc) is 3.06. The summed E-state index contributed by atoms with van der Waals surface area (Å²) in [6.07, 6.45) is 6.63. The van der Waals surface area contributed by atoms with Crippen molar-refractivity contribution in [1.82, 2.24) is 19.3 Å². The second-order valence-corrected chi connectivity index (χ2v) is 4.60. The van der Waals surface area contributed by atoms with Crippen LogP contribution in [-0.2, 0) is 13.5 Å². The zero-order valence-electron chi connectivity index (χ0n) is 11.6. The Kier molecular flexibility index (Phi) is 3.25. The number of imidazole rings is 1. The lowest BCUT2D eigenvalue weighted by Crippen LogP contribution is -2.02. The summed E-state index contributed by atoms with van der Waals surface area (Å²) in [5.41, 5.74) is 3.13. The number of para-hydroxylation sites is 1. The van der Waals surface area contributed by atoms with Crippen LogP contribution < -0.4 is 5.32 Å². The highest BCUT2D eigenvalue weighted by molar-refractivity contribution is 5.56. The van der Waals surface area contributed by atoms with Crippen molar-refractivity contribution in [3.8, 4) is 5.69 Å². The second-order valence-electron chi connectivity index (χ2n) is 4.60. The summed E-state index contributed by atoms with van der Waals surface area (Å²) in [7, 11) is 1.93. The average molecular weight is 267 g/mol. The van der Waals surface area contributed by atoms with Gasteiger partial charge in [0.1, 0.15) is 0 Å². The van der Waals surface area contributed by atoms with Gasteiger partial charge in [-0.05, 0) is 18.6 Å². The fourth-order valence-corrected chi connectivity index (χ4v) is 2.22. The number of aryl methyl sites for hydroxylation is 2. The van der Waals surface area contributed by atoms with E-state index in [1.54, 1.807) is 6.20 Å². The van der Waals surface area contributed by atoms with Crippen LogP contribution in [0, 0.1) is 0 Å². The summed E-state index contributed by atoms with van der Waals surface area (Å²) in [5, 5.41) is 7.80. The zero-order chi connectivity index (χ0) is 13.9. The Morgan fingerprint density at radius 3 is 2.75 bits per heavy atom. The number of benzene rings is 1. The van der Waals surface area contributed by atoms with Crippen LogP contribution in [0.4, 0.5) is 11.6 Å².